The van der Waals surface area contributed by atoms with Crippen LogP contribution in [0.15, 0.2) is 33.8 Å². The molecule has 1 atom stereocenters. The van der Waals surface area contributed by atoms with Crippen molar-refractivity contribution < 1.29 is 37.0 Å². The highest BCUT2D eigenvalue weighted by Gasteiger charge is 2.33. The van der Waals surface area contributed by atoms with Gasteiger partial charge in [0.15, 0.2) is 18.7 Å². The van der Waals surface area contributed by atoms with Gasteiger partial charge >= 0.3 is 6.36 Å². The number of halogens is 3. The van der Waals surface area contributed by atoms with Gasteiger partial charge in [0.05, 0.1) is 16.2 Å². The fourth-order valence-corrected chi connectivity index (χ4v) is 2.81. The lowest BCUT2D eigenvalue weighted by molar-refractivity contribution is -0.772. The van der Waals surface area contributed by atoms with E-state index in [0.717, 1.165) is 17.8 Å². The monoisotopic (exact) mass is 377 g/mol. The van der Waals surface area contributed by atoms with E-state index in [9.17, 15) is 23.1 Å². The third-order valence-corrected chi connectivity index (χ3v) is 4.49. The number of hydrogen-bond acceptors (Lipinski definition) is 6. The van der Waals surface area contributed by atoms with E-state index < -0.39 is 29.2 Å². The number of carbonyl (C=O) groups excluding carboxylic acids is 1. The van der Waals surface area contributed by atoms with Crippen molar-refractivity contribution in [3.05, 3.63) is 24.3 Å². The molecule has 11 heteroatoms. The summed E-state index contributed by atoms with van der Waals surface area (Å²) >= 11 is 0.914. The fraction of sp³-hybridized carbons (Fsp3) is 0.357. The van der Waals surface area contributed by atoms with Crippen molar-refractivity contribution in [3.63, 3.8) is 0 Å². The molecule has 2 aromatic rings. The number of anilines is 1. The average Bonchev–Trinajstić information content (AvgIpc) is 2.84. The van der Waals surface area contributed by atoms with Crippen LogP contribution in [0.5, 0.6) is 11.7 Å². The number of nitrogens with zero attached hydrogens (tertiary/aromatic N) is 2. The van der Waals surface area contributed by atoms with Gasteiger partial charge in [-0.3, -0.25) is 4.79 Å². The highest BCUT2D eigenvalue weighted by Crippen LogP contribution is 2.32. The minimum absolute atomic E-state index is 0.113. The van der Waals surface area contributed by atoms with E-state index in [0.29, 0.717) is 6.42 Å². The molecule has 1 aromatic heterocycles. The molecule has 25 heavy (non-hydrogen) atoms. The van der Waals surface area contributed by atoms with Crippen molar-refractivity contribution in [3.8, 4) is 11.7 Å². The van der Waals surface area contributed by atoms with Crippen molar-refractivity contribution in [1.29, 1.82) is 0 Å². The number of para-hydroxylation sites is 2. The normalized spacial score (nSPS) is 12.7. The van der Waals surface area contributed by atoms with Crippen LogP contribution in [-0.4, -0.2) is 22.8 Å². The Morgan fingerprint density at radius 1 is 1.48 bits per heavy atom. The zero-order valence-corrected chi connectivity index (χ0v) is 14.0. The second-order valence-electron chi connectivity index (χ2n) is 4.84. The predicted octanol–water partition coefficient (Wildman–Crippen LogP) is 1.98. The van der Waals surface area contributed by atoms with Crippen LogP contribution in [0.4, 0.5) is 18.9 Å². The number of amides is 1. The first-order valence-electron chi connectivity index (χ1n) is 7.06. The molecule has 0 spiro atoms. The molecule has 1 amide bonds. The topological polar surface area (TPSA) is 91.3 Å². The molecule has 1 N–H and O–H groups in total. The van der Waals surface area contributed by atoms with E-state index in [1.165, 1.54) is 29.9 Å². The van der Waals surface area contributed by atoms with E-state index in [1.54, 1.807) is 6.92 Å². The lowest BCUT2D eigenvalue weighted by atomic mass is 10.2. The number of carbonyl (C=O) groups is 1. The van der Waals surface area contributed by atoms with Gasteiger partial charge in [-0.15, -0.1) is 13.2 Å². The lowest BCUT2D eigenvalue weighted by Gasteiger charge is -2.16. The Balaban J connectivity index is 2.15. The number of nitrogens with one attached hydrogen (secondary N) is 1. The number of benzene rings is 1. The van der Waals surface area contributed by atoms with Crippen LogP contribution in [0.25, 0.3) is 0 Å². The quantitative estimate of drug-likeness (QED) is 0.611. The molecule has 0 fully saturated rings. The largest absolute Gasteiger partial charge is 0.573 e. The summed E-state index contributed by atoms with van der Waals surface area (Å²) in [6.45, 7) is 1.70. The molecule has 0 aliphatic heterocycles. The highest BCUT2D eigenvalue weighted by atomic mass is 32.2. The Morgan fingerprint density at radius 3 is 2.72 bits per heavy atom. The second-order valence-corrected chi connectivity index (χ2v) is 6.03. The minimum atomic E-state index is -4.88. The number of aromatic nitrogens is 2. The number of thioether (sulfide) groups is 1. The average molecular weight is 377 g/mol. The molecule has 0 saturated heterocycles. The van der Waals surface area contributed by atoms with E-state index >= 15 is 0 Å². The number of alkyl halides is 3. The summed E-state index contributed by atoms with van der Waals surface area (Å²) in [5.74, 6) is -1.80. The van der Waals surface area contributed by atoms with E-state index in [-0.39, 0.29) is 10.7 Å². The summed E-state index contributed by atoms with van der Waals surface area (Å²) in [5, 5.41) is 16.7. The van der Waals surface area contributed by atoms with Crippen molar-refractivity contribution in [1.82, 2.24) is 5.27 Å². The van der Waals surface area contributed by atoms with E-state index in [4.69, 9.17) is 0 Å². The van der Waals surface area contributed by atoms with Gasteiger partial charge in [0, 0.05) is 0 Å². The van der Waals surface area contributed by atoms with E-state index in [2.05, 4.69) is 19.8 Å². The van der Waals surface area contributed by atoms with Crippen molar-refractivity contribution in [2.45, 2.75) is 30.0 Å². The first-order valence-corrected chi connectivity index (χ1v) is 7.94. The molecule has 7 nitrogen and oxygen atoms in total. The first-order chi connectivity index (χ1) is 11.7. The molecule has 0 saturated carbocycles. The molecule has 0 aliphatic carbocycles. The Kier molecular flexibility index (Phi) is 5.77. The van der Waals surface area contributed by atoms with Crippen LogP contribution < -0.4 is 19.8 Å². The zero-order valence-electron chi connectivity index (χ0n) is 13.2. The maximum Gasteiger partial charge on any atom is 0.573 e. The molecule has 1 unspecified atom stereocenters. The molecule has 1 aromatic carbocycles. The van der Waals surface area contributed by atoms with Crippen LogP contribution in [-0.2, 0) is 11.8 Å². The number of rotatable bonds is 6. The molecular weight excluding hydrogens is 363 g/mol. The Bertz CT molecular complexity index is 732. The van der Waals surface area contributed by atoms with Crippen molar-refractivity contribution >= 4 is 23.4 Å². The number of ether oxygens (including phenoxy) is 1. The molecule has 136 valence electrons. The van der Waals surface area contributed by atoms with E-state index in [1.807, 2.05) is 0 Å². The Morgan fingerprint density at radius 2 is 2.16 bits per heavy atom. The van der Waals surface area contributed by atoms with Gasteiger partial charge < -0.3 is 19.7 Å². The SMILES string of the molecule is CCC(Sc1c([O-])on[n+]1C)C(=O)Nc1ccccc1OC(F)(F)F. The lowest BCUT2D eigenvalue weighted by Crippen LogP contribution is -2.34. The molecule has 0 bridgehead atoms. The van der Waals surface area contributed by atoms with Crippen LogP contribution in [0, 0.1) is 0 Å². The summed E-state index contributed by atoms with van der Waals surface area (Å²) in [7, 11) is 1.48. The zero-order chi connectivity index (χ0) is 18.6. The van der Waals surface area contributed by atoms with Gasteiger partial charge in [-0.1, -0.05) is 23.7 Å². The third kappa shape index (κ3) is 5.02. The Hall–Kier alpha value is -2.43. The van der Waals surface area contributed by atoms with Crippen LogP contribution in [0.2, 0.25) is 0 Å². The van der Waals surface area contributed by atoms with Gasteiger partial charge in [-0.05, 0) is 30.3 Å². The summed E-state index contributed by atoms with van der Waals surface area (Å²) in [4.78, 5) is 12.4. The smallest absolute Gasteiger partial charge is 0.538 e. The van der Waals surface area contributed by atoms with Gasteiger partial charge in [0.1, 0.15) is 0 Å². The van der Waals surface area contributed by atoms with Gasteiger partial charge in [-0.2, -0.15) is 0 Å². The summed E-state index contributed by atoms with van der Waals surface area (Å²) in [6.07, 6.45) is -4.56. The van der Waals surface area contributed by atoms with Gasteiger partial charge in [-0.25, -0.2) is 0 Å². The Labute approximate surface area is 144 Å². The van der Waals surface area contributed by atoms with Crippen LogP contribution in [0.3, 0.4) is 0 Å². The summed E-state index contributed by atoms with van der Waals surface area (Å²) in [6, 6.07) is 5.19. The molecule has 2 rings (SSSR count). The maximum atomic E-state index is 12.4. The molecule has 0 radical (unpaired) electrons. The third-order valence-electron chi connectivity index (χ3n) is 3.00. The minimum Gasteiger partial charge on any atom is -0.538 e. The molecule has 1 heterocycles. The van der Waals surface area contributed by atoms with Crippen molar-refractivity contribution in [2.24, 2.45) is 7.05 Å². The number of aryl methyl sites for hydroxylation is 1. The summed E-state index contributed by atoms with van der Waals surface area (Å²) in [5.41, 5.74) is -0.124. The predicted molar refractivity (Wildman–Crippen MR) is 78.8 cm³/mol. The second kappa shape index (κ2) is 7.64. The van der Waals surface area contributed by atoms with Gasteiger partial charge in [0.2, 0.25) is 5.91 Å². The van der Waals surface area contributed by atoms with Crippen molar-refractivity contribution in [2.75, 3.05) is 5.32 Å². The fourth-order valence-electron chi connectivity index (χ4n) is 1.88. The molecule has 0 aliphatic rings. The van der Waals surface area contributed by atoms with Crippen LogP contribution >= 0.6 is 11.8 Å². The first kappa shape index (κ1) is 18.9. The maximum absolute atomic E-state index is 12.4. The van der Waals surface area contributed by atoms with Gasteiger partial charge in [0.25, 0.3) is 5.03 Å². The molecular formula is C14H14F3N3O4S. The summed E-state index contributed by atoms with van der Waals surface area (Å²) < 4.78 is 46.8. The number of hydrogen-bond donors (Lipinski definition) is 1. The standard InChI is InChI=1S/C14H14F3N3O4S/c1-3-10(25-12-13(22)24-19-20(12)2)11(21)18-8-6-4-5-7-9(8)23-14(15,16)17/h4-7,10H,3H2,1-2H3,(H-,18,19,21,22). The highest BCUT2D eigenvalue weighted by molar-refractivity contribution is 8.00. The van der Waals surface area contributed by atoms with Crippen LogP contribution in [0.1, 0.15) is 13.3 Å².